The van der Waals surface area contributed by atoms with E-state index in [9.17, 15) is 4.79 Å². The van der Waals surface area contributed by atoms with Crippen molar-refractivity contribution in [3.05, 3.63) is 65.7 Å². The molecule has 3 heteroatoms. The van der Waals surface area contributed by atoms with Gasteiger partial charge in [-0.3, -0.25) is 4.79 Å². The molecule has 0 aliphatic heterocycles. The Morgan fingerprint density at radius 2 is 1.68 bits per heavy atom. The summed E-state index contributed by atoms with van der Waals surface area (Å²) in [5.74, 6) is -0.0581. The Balaban J connectivity index is 2.07. The van der Waals surface area contributed by atoms with Crippen LogP contribution in [-0.2, 0) is 6.54 Å². The van der Waals surface area contributed by atoms with Gasteiger partial charge in [-0.2, -0.15) is 0 Å². The summed E-state index contributed by atoms with van der Waals surface area (Å²) in [5.41, 5.74) is 3.04. The SMILES string of the molecule is CNC(=O)c1ccc(N(C)Cc2ccccc2)cc1. The molecule has 0 heterocycles. The number of nitrogens with zero attached hydrogens (tertiary/aromatic N) is 1. The summed E-state index contributed by atoms with van der Waals surface area (Å²) in [6.07, 6.45) is 0. The van der Waals surface area contributed by atoms with Crippen LogP contribution in [0.4, 0.5) is 5.69 Å². The van der Waals surface area contributed by atoms with E-state index in [1.165, 1.54) is 5.56 Å². The van der Waals surface area contributed by atoms with Crippen molar-refractivity contribution < 1.29 is 4.79 Å². The van der Waals surface area contributed by atoms with E-state index in [0.717, 1.165) is 12.2 Å². The Labute approximate surface area is 113 Å². The number of amides is 1. The quantitative estimate of drug-likeness (QED) is 0.909. The zero-order chi connectivity index (χ0) is 13.7. The van der Waals surface area contributed by atoms with Gasteiger partial charge in [-0.25, -0.2) is 0 Å². The zero-order valence-corrected chi connectivity index (χ0v) is 11.3. The number of carbonyl (C=O) groups excluding carboxylic acids is 1. The molecular formula is C16H18N2O. The van der Waals surface area contributed by atoms with E-state index in [-0.39, 0.29) is 5.91 Å². The lowest BCUT2D eigenvalue weighted by molar-refractivity contribution is 0.0963. The van der Waals surface area contributed by atoms with Gasteiger partial charge in [0.05, 0.1) is 0 Å². The van der Waals surface area contributed by atoms with Crippen molar-refractivity contribution in [2.24, 2.45) is 0 Å². The van der Waals surface area contributed by atoms with E-state index in [4.69, 9.17) is 0 Å². The van der Waals surface area contributed by atoms with Gasteiger partial charge in [0.1, 0.15) is 0 Å². The molecular weight excluding hydrogens is 236 g/mol. The first-order chi connectivity index (χ1) is 9.20. The van der Waals surface area contributed by atoms with Gasteiger partial charge in [-0.1, -0.05) is 30.3 Å². The number of carbonyl (C=O) groups is 1. The van der Waals surface area contributed by atoms with Crippen LogP contribution in [0.5, 0.6) is 0 Å². The summed E-state index contributed by atoms with van der Waals surface area (Å²) >= 11 is 0. The Bertz CT molecular complexity index is 534. The van der Waals surface area contributed by atoms with Gasteiger partial charge in [0, 0.05) is 31.9 Å². The molecule has 3 nitrogen and oxygen atoms in total. The fourth-order valence-electron chi connectivity index (χ4n) is 1.96. The summed E-state index contributed by atoms with van der Waals surface area (Å²) in [6, 6.07) is 17.9. The summed E-state index contributed by atoms with van der Waals surface area (Å²) < 4.78 is 0. The van der Waals surface area contributed by atoms with E-state index >= 15 is 0 Å². The first-order valence-corrected chi connectivity index (χ1v) is 6.28. The topological polar surface area (TPSA) is 32.3 Å². The number of nitrogens with one attached hydrogen (secondary N) is 1. The van der Waals surface area contributed by atoms with Crippen LogP contribution in [0.3, 0.4) is 0 Å². The van der Waals surface area contributed by atoms with Gasteiger partial charge >= 0.3 is 0 Å². The smallest absolute Gasteiger partial charge is 0.251 e. The molecule has 1 amide bonds. The summed E-state index contributed by atoms with van der Waals surface area (Å²) in [5, 5.41) is 2.62. The first kappa shape index (κ1) is 13.1. The third-order valence-corrected chi connectivity index (χ3v) is 3.06. The molecule has 1 N–H and O–H groups in total. The molecule has 0 bridgehead atoms. The van der Waals surface area contributed by atoms with Gasteiger partial charge in [0.2, 0.25) is 0 Å². The molecule has 0 aromatic heterocycles. The Kier molecular flexibility index (Phi) is 4.18. The van der Waals surface area contributed by atoms with Gasteiger partial charge in [0.25, 0.3) is 5.91 Å². The van der Waals surface area contributed by atoms with Crippen molar-refractivity contribution in [1.82, 2.24) is 5.32 Å². The second-order valence-corrected chi connectivity index (χ2v) is 4.47. The molecule has 0 unspecified atom stereocenters. The maximum absolute atomic E-state index is 11.5. The fourth-order valence-corrected chi connectivity index (χ4v) is 1.96. The minimum atomic E-state index is -0.0581. The van der Waals surface area contributed by atoms with Gasteiger partial charge in [0.15, 0.2) is 0 Å². The van der Waals surface area contributed by atoms with E-state index in [1.807, 2.05) is 49.5 Å². The second-order valence-electron chi connectivity index (χ2n) is 4.47. The van der Waals surface area contributed by atoms with Crippen LogP contribution >= 0.6 is 0 Å². The maximum Gasteiger partial charge on any atom is 0.251 e. The van der Waals surface area contributed by atoms with Crippen LogP contribution in [0.2, 0.25) is 0 Å². The zero-order valence-electron chi connectivity index (χ0n) is 11.3. The van der Waals surface area contributed by atoms with Crippen LogP contribution < -0.4 is 10.2 Å². The van der Waals surface area contributed by atoms with Crippen LogP contribution in [0, 0.1) is 0 Å². The summed E-state index contributed by atoms with van der Waals surface area (Å²) in [4.78, 5) is 13.6. The third kappa shape index (κ3) is 3.35. The molecule has 98 valence electrons. The molecule has 0 aliphatic rings. The number of hydrogen-bond acceptors (Lipinski definition) is 2. The Hall–Kier alpha value is -2.29. The van der Waals surface area contributed by atoms with Crippen LogP contribution in [-0.4, -0.2) is 20.0 Å². The number of benzene rings is 2. The van der Waals surface area contributed by atoms with Crippen LogP contribution in [0.25, 0.3) is 0 Å². The normalized spacial score (nSPS) is 10.0. The molecule has 2 aromatic rings. The highest BCUT2D eigenvalue weighted by Crippen LogP contribution is 2.16. The molecule has 0 saturated heterocycles. The van der Waals surface area contributed by atoms with Crippen molar-refractivity contribution in [3.8, 4) is 0 Å². The van der Waals surface area contributed by atoms with E-state index in [0.29, 0.717) is 5.56 Å². The van der Waals surface area contributed by atoms with Crippen LogP contribution in [0.1, 0.15) is 15.9 Å². The van der Waals surface area contributed by atoms with Crippen molar-refractivity contribution >= 4 is 11.6 Å². The van der Waals surface area contributed by atoms with Gasteiger partial charge < -0.3 is 10.2 Å². The van der Waals surface area contributed by atoms with E-state index < -0.39 is 0 Å². The fraction of sp³-hybridized carbons (Fsp3) is 0.188. The van der Waals surface area contributed by atoms with Gasteiger partial charge in [-0.05, 0) is 29.8 Å². The van der Waals surface area contributed by atoms with Gasteiger partial charge in [-0.15, -0.1) is 0 Å². The average molecular weight is 254 g/mol. The number of hydrogen-bond donors (Lipinski definition) is 1. The first-order valence-electron chi connectivity index (χ1n) is 6.28. The van der Waals surface area contributed by atoms with Crippen molar-refractivity contribution in [3.63, 3.8) is 0 Å². The van der Waals surface area contributed by atoms with E-state index in [2.05, 4.69) is 22.3 Å². The van der Waals surface area contributed by atoms with Crippen LogP contribution in [0.15, 0.2) is 54.6 Å². The lowest BCUT2D eigenvalue weighted by atomic mass is 10.1. The summed E-state index contributed by atoms with van der Waals surface area (Å²) in [7, 11) is 3.68. The highest BCUT2D eigenvalue weighted by molar-refractivity contribution is 5.94. The molecule has 0 radical (unpaired) electrons. The second kappa shape index (κ2) is 6.05. The molecule has 0 saturated carbocycles. The molecule has 19 heavy (non-hydrogen) atoms. The number of rotatable bonds is 4. The van der Waals surface area contributed by atoms with Crippen molar-refractivity contribution in [2.75, 3.05) is 19.0 Å². The Morgan fingerprint density at radius 1 is 1.05 bits per heavy atom. The minimum Gasteiger partial charge on any atom is -0.370 e. The molecule has 0 aliphatic carbocycles. The highest BCUT2D eigenvalue weighted by Gasteiger charge is 2.05. The van der Waals surface area contributed by atoms with Crippen molar-refractivity contribution in [2.45, 2.75) is 6.54 Å². The Morgan fingerprint density at radius 3 is 2.26 bits per heavy atom. The predicted octanol–water partition coefficient (Wildman–Crippen LogP) is 2.68. The largest absolute Gasteiger partial charge is 0.370 e. The molecule has 0 fully saturated rings. The third-order valence-electron chi connectivity index (χ3n) is 3.06. The molecule has 0 atom stereocenters. The average Bonchev–Trinajstić information content (AvgIpc) is 2.47. The molecule has 2 aromatic carbocycles. The monoisotopic (exact) mass is 254 g/mol. The lowest BCUT2D eigenvalue weighted by Gasteiger charge is -2.19. The van der Waals surface area contributed by atoms with E-state index in [1.54, 1.807) is 7.05 Å². The number of anilines is 1. The molecule has 0 spiro atoms. The highest BCUT2D eigenvalue weighted by atomic mass is 16.1. The standard InChI is InChI=1S/C16H18N2O/c1-17-16(19)14-8-10-15(11-9-14)18(2)12-13-6-4-3-5-7-13/h3-11H,12H2,1-2H3,(H,17,19). The lowest BCUT2D eigenvalue weighted by Crippen LogP contribution is -2.19. The van der Waals surface area contributed by atoms with Crippen molar-refractivity contribution in [1.29, 1.82) is 0 Å². The minimum absolute atomic E-state index is 0.0581. The maximum atomic E-state index is 11.5. The summed E-state index contributed by atoms with van der Waals surface area (Å²) in [6.45, 7) is 0.847. The predicted molar refractivity (Wildman–Crippen MR) is 78.4 cm³/mol. The molecule has 2 rings (SSSR count).